The van der Waals surface area contributed by atoms with Crippen LogP contribution in [0.1, 0.15) is 12.3 Å². The van der Waals surface area contributed by atoms with Gasteiger partial charge in [0.1, 0.15) is 0 Å². The van der Waals surface area contributed by atoms with Gasteiger partial charge in [0.15, 0.2) is 11.7 Å². The Labute approximate surface area is 138 Å². The molecule has 0 bridgehead atoms. The van der Waals surface area contributed by atoms with Crippen LogP contribution in [0, 0.1) is 0 Å². The van der Waals surface area contributed by atoms with Crippen molar-refractivity contribution in [1.82, 2.24) is 10.3 Å². The number of aromatic nitrogens is 1. The maximum absolute atomic E-state index is 6.21. The molecule has 6 heteroatoms. The first-order valence-electron chi connectivity index (χ1n) is 6.80. The smallest absolute Gasteiger partial charge is 0.194 e. The molecule has 0 atom stereocenters. The van der Waals surface area contributed by atoms with Gasteiger partial charge in [-0.2, -0.15) is 0 Å². The molecule has 1 aromatic carbocycles. The van der Waals surface area contributed by atoms with Crippen molar-refractivity contribution in [3.63, 3.8) is 0 Å². The van der Waals surface area contributed by atoms with Gasteiger partial charge >= 0.3 is 0 Å². The molecule has 0 saturated heterocycles. The standard InChI is InChI=1S/C15H18BrClN2O2/c1-20-8-7-18-6-2-3-15-19-10-14(21-15)12-5-4-11(16)9-13(12)17/h4-5,9-10,18H,2-3,6-8H2,1H3. The average molecular weight is 374 g/mol. The highest BCUT2D eigenvalue weighted by Gasteiger charge is 2.10. The lowest BCUT2D eigenvalue weighted by molar-refractivity contribution is 0.199. The van der Waals surface area contributed by atoms with E-state index in [2.05, 4.69) is 26.2 Å². The van der Waals surface area contributed by atoms with Gasteiger partial charge in [0.05, 0.1) is 17.8 Å². The van der Waals surface area contributed by atoms with Crippen LogP contribution in [0.25, 0.3) is 11.3 Å². The normalized spacial score (nSPS) is 11.0. The highest BCUT2D eigenvalue weighted by molar-refractivity contribution is 9.10. The van der Waals surface area contributed by atoms with Crippen LogP contribution in [0.4, 0.5) is 0 Å². The lowest BCUT2D eigenvalue weighted by Crippen LogP contribution is -2.20. The van der Waals surface area contributed by atoms with Gasteiger partial charge in [-0.05, 0) is 31.2 Å². The molecule has 1 aromatic heterocycles. The quantitative estimate of drug-likeness (QED) is 0.712. The summed E-state index contributed by atoms with van der Waals surface area (Å²) in [6.07, 6.45) is 3.49. The summed E-state index contributed by atoms with van der Waals surface area (Å²) in [4.78, 5) is 4.30. The van der Waals surface area contributed by atoms with Crippen molar-refractivity contribution in [3.05, 3.63) is 39.8 Å². The number of benzene rings is 1. The number of aryl methyl sites for hydroxylation is 1. The van der Waals surface area contributed by atoms with E-state index in [1.807, 2.05) is 18.2 Å². The predicted molar refractivity (Wildman–Crippen MR) is 87.7 cm³/mol. The second kappa shape index (κ2) is 8.54. The van der Waals surface area contributed by atoms with E-state index in [4.69, 9.17) is 20.8 Å². The highest BCUT2D eigenvalue weighted by atomic mass is 79.9. The molecule has 1 N–H and O–H groups in total. The van der Waals surface area contributed by atoms with Crippen LogP contribution >= 0.6 is 27.5 Å². The van der Waals surface area contributed by atoms with Crippen molar-refractivity contribution in [1.29, 1.82) is 0 Å². The molecule has 2 rings (SSSR count). The zero-order chi connectivity index (χ0) is 15.1. The molecular formula is C15H18BrClN2O2. The van der Waals surface area contributed by atoms with E-state index < -0.39 is 0 Å². The second-order valence-electron chi connectivity index (χ2n) is 4.59. The van der Waals surface area contributed by atoms with Crippen LogP contribution in [0.15, 0.2) is 33.3 Å². The van der Waals surface area contributed by atoms with Gasteiger partial charge in [-0.1, -0.05) is 27.5 Å². The number of nitrogens with one attached hydrogen (secondary N) is 1. The number of hydrogen-bond acceptors (Lipinski definition) is 4. The van der Waals surface area contributed by atoms with Crippen molar-refractivity contribution in [2.75, 3.05) is 26.8 Å². The minimum atomic E-state index is 0.647. The number of rotatable bonds is 8. The molecule has 0 fully saturated rings. The van der Waals surface area contributed by atoms with Crippen LogP contribution in [-0.2, 0) is 11.2 Å². The predicted octanol–water partition coefficient (Wildman–Crippen LogP) is 3.93. The summed E-state index contributed by atoms with van der Waals surface area (Å²) in [5, 5.41) is 3.94. The van der Waals surface area contributed by atoms with E-state index in [0.29, 0.717) is 10.8 Å². The molecule has 21 heavy (non-hydrogen) atoms. The summed E-state index contributed by atoms with van der Waals surface area (Å²) in [6, 6.07) is 5.70. The Bertz CT molecular complexity index is 575. The lowest BCUT2D eigenvalue weighted by atomic mass is 10.2. The summed E-state index contributed by atoms with van der Waals surface area (Å²) < 4.78 is 11.7. The number of ether oxygens (including phenoxy) is 1. The lowest BCUT2D eigenvalue weighted by Gasteiger charge is -2.02. The van der Waals surface area contributed by atoms with Gasteiger partial charge in [0, 0.05) is 30.1 Å². The molecule has 0 amide bonds. The number of oxazole rings is 1. The van der Waals surface area contributed by atoms with Gasteiger partial charge in [-0.25, -0.2) is 4.98 Å². The van der Waals surface area contributed by atoms with Crippen LogP contribution in [-0.4, -0.2) is 31.8 Å². The number of hydrogen-bond donors (Lipinski definition) is 1. The van der Waals surface area contributed by atoms with Crippen molar-refractivity contribution in [2.24, 2.45) is 0 Å². The first-order valence-corrected chi connectivity index (χ1v) is 7.97. The molecule has 4 nitrogen and oxygen atoms in total. The SMILES string of the molecule is COCCNCCCc1ncc(-c2ccc(Br)cc2Cl)o1. The third-order valence-electron chi connectivity index (χ3n) is 2.98. The molecule has 0 aliphatic rings. The molecular weight excluding hydrogens is 356 g/mol. The van der Waals surface area contributed by atoms with Crippen LogP contribution in [0.5, 0.6) is 0 Å². The fourth-order valence-corrected chi connectivity index (χ4v) is 2.67. The summed E-state index contributed by atoms with van der Waals surface area (Å²) in [7, 11) is 1.70. The average Bonchev–Trinajstić information content (AvgIpc) is 2.91. The Balaban J connectivity index is 1.86. The minimum absolute atomic E-state index is 0.647. The van der Waals surface area contributed by atoms with Gasteiger partial charge in [0.25, 0.3) is 0 Å². The largest absolute Gasteiger partial charge is 0.441 e. The molecule has 0 aliphatic carbocycles. The van der Waals surface area contributed by atoms with E-state index in [1.54, 1.807) is 13.3 Å². The molecule has 2 aromatic rings. The molecule has 0 radical (unpaired) electrons. The first kappa shape index (κ1) is 16.5. The maximum Gasteiger partial charge on any atom is 0.194 e. The molecule has 1 heterocycles. The van der Waals surface area contributed by atoms with Crippen molar-refractivity contribution < 1.29 is 9.15 Å². The summed E-state index contributed by atoms with van der Waals surface area (Å²) in [6.45, 7) is 2.51. The van der Waals surface area contributed by atoms with Gasteiger partial charge in [0.2, 0.25) is 0 Å². The van der Waals surface area contributed by atoms with E-state index >= 15 is 0 Å². The Morgan fingerprint density at radius 2 is 2.24 bits per heavy atom. The Kier molecular flexibility index (Phi) is 6.70. The number of methoxy groups -OCH3 is 1. The van der Waals surface area contributed by atoms with Crippen molar-refractivity contribution in [3.8, 4) is 11.3 Å². The van der Waals surface area contributed by atoms with E-state index in [1.165, 1.54) is 0 Å². The fourth-order valence-electron chi connectivity index (χ4n) is 1.90. The first-order chi connectivity index (χ1) is 10.2. The van der Waals surface area contributed by atoms with Crippen molar-refractivity contribution >= 4 is 27.5 Å². The third-order valence-corrected chi connectivity index (χ3v) is 3.78. The fraction of sp³-hybridized carbons (Fsp3) is 0.400. The molecule has 114 valence electrons. The van der Waals surface area contributed by atoms with Crippen LogP contribution < -0.4 is 5.32 Å². The number of halogens is 2. The molecule has 0 unspecified atom stereocenters. The van der Waals surface area contributed by atoms with Gasteiger partial charge in [-0.15, -0.1) is 0 Å². The van der Waals surface area contributed by atoms with Crippen LogP contribution in [0.2, 0.25) is 5.02 Å². The highest BCUT2D eigenvalue weighted by Crippen LogP contribution is 2.30. The minimum Gasteiger partial charge on any atom is -0.441 e. The zero-order valence-electron chi connectivity index (χ0n) is 11.9. The Morgan fingerprint density at radius 1 is 1.38 bits per heavy atom. The van der Waals surface area contributed by atoms with E-state index in [0.717, 1.165) is 48.5 Å². The maximum atomic E-state index is 6.21. The Morgan fingerprint density at radius 3 is 3.00 bits per heavy atom. The summed E-state index contributed by atoms with van der Waals surface area (Å²) in [5.41, 5.74) is 0.858. The van der Waals surface area contributed by atoms with Gasteiger partial charge in [-0.3, -0.25) is 0 Å². The monoisotopic (exact) mass is 372 g/mol. The Hall–Kier alpha value is -0.880. The second-order valence-corrected chi connectivity index (χ2v) is 5.91. The van der Waals surface area contributed by atoms with Gasteiger partial charge < -0.3 is 14.5 Å². The topological polar surface area (TPSA) is 47.3 Å². The third kappa shape index (κ3) is 5.11. The van der Waals surface area contributed by atoms with E-state index in [-0.39, 0.29) is 0 Å². The summed E-state index contributed by atoms with van der Waals surface area (Å²) in [5.74, 6) is 1.44. The number of nitrogens with zero attached hydrogens (tertiary/aromatic N) is 1. The molecule has 0 saturated carbocycles. The van der Waals surface area contributed by atoms with Crippen LogP contribution in [0.3, 0.4) is 0 Å². The molecule has 0 aliphatic heterocycles. The molecule has 0 spiro atoms. The zero-order valence-corrected chi connectivity index (χ0v) is 14.2. The van der Waals surface area contributed by atoms with Crippen molar-refractivity contribution in [2.45, 2.75) is 12.8 Å². The van der Waals surface area contributed by atoms with E-state index in [9.17, 15) is 0 Å². The summed E-state index contributed by atoms with van der Waals surface area (Å²) >= 11 is 9.60.